The molecule has 0 aromatic heterocycles. The van der Waals surface area contributed by atoms with Crippen molar-refractivity contribution in [1.29, 1.82) is 0 Å². The van der Waals surface area contributed by atoms with Crippen LogP contribution in [0.15, 0.2) is 54.1 Å². The van der Waals surface area contributed by atoms with Gasteiger partial charge < -0.3 is 24.2 Å². The summed E-state index contributed by atoms with van der Waals surface area (Å²) in [4.78, 5) is 27.4. The minimum absolute atomic E-state index is 0.0283. The van der Waals surface area contributed by atoms with Crippen LogP contribution in [0.25, 0.3) is 5.76 Å². The lowest BCUT2D eigenvalue weighted by Gasteiger charge is -2.26. The van der Waals surface area contributed by atoms with Gasteiger partial charge in [0.15, 0.2) is 0 Å². The highest BCUT2D eigenvalue weighted by atomic mass is 16.5. The number of nitrogens with zero attached hydrogens (tertiary/aromatic N) is 1. The molecule has 1 aliphatic rings. The third-order valence-corrected chi connectivity index (χ3v) is 5.14. The first-order chi connectivity index (χ1) is 15.0. The van der Waals surface area contributed by atoms with Crippen LogP contribution in [0, 0.1) is 0 Å². The smallest absolute Gasteiger partial charge is 0.295 e. The molecule has 0 aliphatic carbocycles. The first-order valence-electron chi connectivity index (χ1n) is 10.2. The number of aliphatic hydroxyl groups excluding tert-OH is 1. The predicted molar refractivity (Wildman–Crippen MR) is 116 cm³/mol. The number of ether oxygens (including phenoxy) is 3. The molecule has 7 heteroatoms. The highest BCUT2D eigenvalue weighted by Gasteiger charge is 2.46. The summed E-state index contributed by atoms with van der Waals surface area (Å²) in [5.74, 6) is -0.540. The lowest BCUT2D eigenvalue weighted by Crippen LogP contribution is -2.31. The van der Waals surface area contributed by atoms with E-state index in [2.05, 4.69) is 0 Å². The molecule has 1 fully saturated rings. The van der Waals surface area contributed by atoms with Crippen molar-refractivity contribution in [1.82, 2.24) is 4.90 Å². The molecule has 1 saturated heterocycles. The molecule has 0 bridgehead atoms. The number of hydrogen-bond acceptors (Lipinski definition) is 6. The fourth-order valence-electron chi connectivity index (χ4n) is 3.76. The molecule has 1 unspecified atom stereocenters. The Morgan fingerprint density at radius 3 is 2.58 bits per heavy atom. The third-order valence-electron chi connectivity index (χ3n) is 5.14. The van der Waals surface area contributed by atoms with Gasteiger partial charge in [0.2, 0.25) is 0 Å². The molecular formula is C24H27NO6. The normalized spacial score (nSPS) is 17.8. The number of Topliss-reactive ketones (excluding diaryl/α,β-unsaturated/α-hetero) is 1. The SMILES string of the molecule is CCOc1cccc(/C(O)=C2/C(=O)C(=O)N(CCCOC)C2c2ccccc2OC)c1. The Kier molecular flexibility index (Phi) is 7.31. The van der Waals surface area contributed by atoms with Crippen molar-refractivity contribution in [2.75, 3.05) is 34.0 Å². The van der Waals surface area contributed by atoms with Gasteiger partial charge in [-0.15, -0.1) is 0 Å². The summed E-state index contributed by atoms with van der Waals surface area (Å²) in [5.41, 5.74) is 1.06. The van der Waals surface area contributed by atoms with Gasteiger partial charge in [0.1, 0.15) is 17.3 Å². The van der Waals surface area contributed by atoms with Crippen LogP contribution in [0.5, 0.6) is 11.5 Å². The zero-order valence-electron chi connectivity index (χ0n) is 18.0. The minimum Gasteiger partial charge on any atom is -0.507 e. The maximum absolute atomic E-state index is 13.0. The largest absolute Gasteiger partial charge is 0.507 e. The molecule has 1 heterocycles. The van der Waals surface area contributed by atoms with E-state index >= 15 is 0 Å². The number of para-hydroxylation sites is 1. The number of hydrogen-bond donors (Lipinski definition) is 1. The summed E-state index contributed by atoms with van der Waals surface area (Å²) in [6.07, 6.45) is 0.551. The Morgan fingerprint density at radius 1 is 1.10 bits per heavy atom. The topological polar surface area (TPSA) is 85.3 Å². The number of likely N-dealkylation sites (tertiary alicyclic amines) is 1. The first kappa shape index (κ1) is 22.4. The maximum atomic E-state index is 13.0. The summed E-state index contributed by atoms with van der Waals surface area (Å²) in [5, 5.41) is 11.1. The first-order valence-corrected chi connectivity index (χ1v) is 10.2. The fourth-order valence-corrected chi connectivity index (χ4v) is 3.76. The average Bonchev–Trinajstić information content (AvgIpc) is 3.04. The molecule has 164 valence electrons. The van der Waals surface area contributed by atoms with E-state index in [0.717, 1.165) is 0 Å². The Morgan fingerprint density at radius 2 is 1.87 bits per heavy atom. The zero-order valence-corrected chi connectivity index (χ0v) is 18.0. The molecule has 1 N–H and O–H groups in total. The fraction of sp³-hybridized carbons (Fsp3) is 0.333. The van der Waals surface area contributed by atoms with Crippen molar-refractivity contribution in [2.24, 2.45) is 0 Å². The molecule has 1 atom stereocenters. The van der Waals surface area contributed by atoms with Gasteiger partial charge in [0.05, 0.1) is 25.3 Å². The average molecular weight is 425 g/mol. The molecule has 0 spiro atoms. The highest BCUT2D eigenvalue weighted by molar-refractivity contribution is 6.46. The predicted octanol–water partition coefficient (Wildman–Crippen LogP) is 3.55. The molecule has 3 rings (SSSR count). The molecule has 1 amide bonds. The second-order valence-electron chi connectivity index (χ2n) is 7.04. The number of benzene rings is 2. The van der Waals surface area contributed by atoms with Crippen molar-refractivity contribution >= 4 is 17.4 Å². The Balaban J connectivity index is 2.15. The number of methoxy groups -OCH3 is 2. The molecule has 2 aromatic rings. The van der Waals surface area contributed by atoms with Crippen LogP contribution in [-0.2, 0) is 14.3 Å². The van der Waals surface area contributed by atoms with E-state index in [-0.39, 0.29) is 11.3 Å². The molecule has 1 aliphatic heterocycles. The van der Waals surface area contributed by atoms with Crippen LogP contribution >= 0.6 is 0 Å². The van der Waals surface area contributed by atoms with E-state index < -0.39 is 17.7 Å². The van der Waals surface area contributed by atoms with Gasteiger partial charge in [-0.2, -0.15) is 0 Å². The second-order valence-corrected chi connectivity index (χ2v) is 7.04. The van der Waals surface area contributed by atoms with E-state index in [1.807, 2.05) is 19.1 Å². The van der Waals surface area contributed by atoms with Gasteiger partial charge >= 0.3 is 0 Å². The van der Waals surface area contributed by atoms with E-state index in [4.69, 9.17) is 14.2 Å². The third kappa shape index (κ3) is 4.56. The number of rotatable bonds is 9. The highest BCUT2D eigenvalue weighted by Crippen LogP contribution is 2.42. The van der Waals surface area contributed by atoms with Crippen LogP contribution in [0.3, 0.4) is 0 Å². The van der Waals surface area contributed by atoms with Crippen molar-refractivity contribution in [3.63, 3.8) is 0 Å². The van der Waals surface area contributed by atoms with Gasteiger partial charge in [0, 0.05) is 31.4 Å². The van der Waals surface area contributed by atoms with Crippen LogP contribution in [0.1, 0.15) is 30.5 Å². The van der Waals surface area contributed by atoms with Crippen molar-refractivity contribution < 1.29 is 28.9 Å². The van der Waals surface area contributed by atoms with Crippen LogP contribution < -0.4 is 9.47 Å². The number of amides is 1. The van der Waals surface area contributed by atoms with Crippen LogP contribution in [0.4, 0.5) is 0 Å². The van der Waals surface area contributed by atoms with Gasteiger partial charge in [-0.1, -0.05) is 30.3 Å². The van der Waals surface area contributed by atoms with Crippen LogP contribution in [-0.4, -0.2) is 55.7 Å². The summed E-state index contributed by atoms with van der Waals surface area (Å²) >= 11 is 0. The molecular weight excluding hydrogens is 398 g/mol. The molecule has 0 radical (unpaired) electrons. The Labute approximate surface area is 181 Å². The van der Waals surface area contributed by atoms with Gasteiger partial charge in [-0.25, -0.2) is 0 Å². The van der Waals surface area contributed by atoms with Crippen molar-refractivity contribution in [2.45, 2.75) is 19.4 Å². The van der Waals surface area contributed by atoms with E-state index in [1.54, 1.807) is 43.5 Å². The molecule has 7 nitrogen and oxygen atoms in total. The number of carbonyl (C=O) groups excluding carboxylic acids is 2. The Bertz CT molecular complexity index is 984. The van der Waals surface area contributed by atoms with E-state index in [9.17, 15) is 14.7 Å². The Hall–Kier alpha value is -3.32. The molecule has 2 aromatic carbocycles. The van der Waals surface area contributed by atoms with Crippen LogP contribution in [0.2, 0.25) is 0 Å². The lowest BCUT2D eigenvalue weighted by atomic mass is 9.94. The van der Waals surface area contributed by atoms with Crippen molar-refractivity contribution in [3.8, 4) is 11.5 Å². The zero-order chi connectivity index (χ0) is 22.4. The lowest BCUT2D eigenvalue weighted by molar-refractivity contribution is -0.140. The van der Waals surface area contributed by atoms with Gasteiger partial charge in [0.25, 0.3) is 11.7 Å². The molecule has 0 saturated carbocycles. The van der Waals surface area contributed by atoms with Gasteiger partial charge in [-0.3, -0.25) is 9.59 Å². The van der Waals surface area contributed by atoms with Crippen molar-refractivity contribution in [3.05, 3.63) is 65.2 Å². The molecule has 31 heavy (non-hydrogen) atoms. The summed E-state index contributed by atoms with van der Waals surface area (Å²) in [6.45, 7) is 3.07. The number of ketones is 1. The standard InChI is InChI=1S/C24H27NO6/c1-4-31-17-10-7-9-16(15-17)22(26)20-21(18-11-5-6-12-19(18)30-3)25(13-8-14-29-2)24(28)23(20)27/h5-7,9-12,15,21,26H,4,8,13-14H2,1-3H3/b22-20-. The summed E-state index contributed by atoms with van der Waals surface area (Å²) in [6, 6.07) is 13.2. The quantitative estimate of drug-likeness (QED) is 0.286. The second kappa shape index (κ2) is 10.1. The van der Waals surface area contributed by atoms with E-state index in [1.165, 1.54) is 12.0 Å². The minimum atomic E-state index is -0.774. The monoisotopic (exact) mass is 425 g/mol. The summed E-state index contributed by atoms with van der Waals surface area (Å²) in [7, 11) is 3.11. The number of carbonyl (C=O) groups is 2. The summed E-state index contributed by atoms with van der Waals surface area (Å²) < 4.78 is 16.1. The maximum Gasteiger partial charge on any atom is 0.295 e. The van der Waals surface area contributed by atoms with Gasteiger partial charge in [-0.05, 0) is 31.5 Å². The number of aliphatic hydroxyl groups is 1. The van der Waals surface area contributed by atoms with E-state index in [0.29, 0.717) is 48.8 Å².